The van der Waals surface area contributed by atoms with Gasteiger partial charge in [0.15, 0.2) is 0 Å². The van der Waals surface area contributed by atoms with Gasteiger partial charge in [-0.15, -0.1) is 0 Å². The summed E-state index contributed by atoms with van der Waals surface area (Å²) in [7, 11) is 0. The van der Waals surface area contributed by atoms with E-state index in [1.807, 2.05) is 35.2 Å². The van der Waals surface area contributed by atoms with Gasteiger partial charge in [0.05, 0.1) is 18.6 Å². The fraction of sp³-hybridized carbons (Fsp3) is 0.259. The minimum Gasteiger partial charge on any atom is -0.508 e. The molecule has 3 aromatic rings. The van der Waals surface area contributed by atoms with Crippen LogP contribution in [0.25, 0.3) is 11.1 Å². The molecule has 1 saturated heterocycles. The summed E-state index contributed by atoms with van der Waals surface area (Å²) in [6, 6.07) is 19.4. The second kappa shape index (κ2) is 10.4. The Morgan fingerprint density at radius 3 is 2.32 bits per heavy atom. The lowest BCUT2D eigenvalue weighted by Gasteiger charge is -2.32. The molecule has 4 N–H and O–H groups in total. The smallest absolute Gasteiger partial charge is 0.252 e. The number of primary amides is 1. The third-order valence-electron chi connectivity index (χ3n) is 6.07. The maximum atomic E-state index is 12.6. The van der Waals surface area contributed by atoms with E-state index in [0.29, 0.717) is 37.2 Å². The Balaban J connectivity index is 1.39. The van der Waals surface area contributed by atoms with Crippen LogP contribution < -0.4 is 10.5 Å². The number of phenols is 1. The number of piperidine rings is 1. The zero-order valence-corrected chi connectivity index (χ0v) is 18.8. The first kappa shape index (κ1) is 23.3. The highest BCUT2D eigenvalue weighted by molar-refractivity contribution is 5.97. The first-order chi connectivity index (χ1) is 16.4. The maximum Gasteiger partial charge on any atom is 0.252 e. The monoisotopic (exact) mass is 460 g/mol. The van der Waals surface area contributed by atoms with Crippen molar-refractivity contribution in [1.82, 2.24) is 4.90 Å². The number of hydrogen-bond acceptors (Lipinski definition) is 5. The number of hydrogen-bond donors (Lipinski definition) is 3. The van der Waals surface area contributed by atoms with Crippen LogP contribution in [0.4, 0.5) is 0 Å². The number of rotatable bonds is 7. The summed E-state index contributed by atoms with van der Waals surface area (Å²) >= 11 is 0. The van der Waals surface area contributed by atoms with E-state index in [1.165, 1.54) is 0 Å². The molecule has 0 aromatic heterocycles. The summed E-state index contributed by atoms with van der Waals surface area (Å²) in [5.74, 6) is 0.0766. The normalized spacial score (nSPS) is 14.1. The quantitative estimate of drug-likeness (QED) is 0.501. The topological polar surface area (TPSA) is 113 Å². The molecule has 7 nitrogen and oxygen atoms in total. The number of likely N-dealkylation sites (tertiary alicyclic amines) is 1. The van der Waals surface area contributed by atoms with Gasteiger partial charge >= 0.3 is 0 Å². The number of amides is 2. The molecule has 176 valence electrons. The highest BCUT2D eigenvalue weighted by Gasteiger charge is 2.25. The number of carbonyl (C=O) groups is 2. The van der Waals surface area contributed by atoms with Crippen LogP contribution in [0, 0.1) is 0 Å². The molecular formula is C27H28N2O5. The van der Waals surface area contributed by atoms with Gasteiger partial charge in [-0.2, -0.15) is 0 Å². The molecule has 1 aliphatic heterocycles. The Labute approximate surface area is 198 Å². The summed E-state index contributed by atoms with van der Waals surface area (Å²) in [4.78, 5) is 26.6. The fourth-order valence-corrected chi connectivity index (χ4v) is 4.16. The Hall–Kier alpha value is -3.84. The van der Waals surface area contributed by atoms with Gasteiger partial charge in [0, 0.05) is 25.9 Å². The van der Waals surface area contributed by atoms with E-state index in [9.17, 15) is 19.8 Å². The van der Waals surface area contributed by atoms with Gasteiger partial charge in [-0.25, -0.2) is 0 Å². The van der Waals surface area contributed by atoms with Crippen molar-refractivity contribution in [3.8, 4) is 22.6 Å². The number of ether oxygens (including phenoxy) is 1. The van der Waals surface area contributed by atoms with Crippen molar-refractivity contribution in [3.05, 3.63) is 83.4 Å². The largest absolute Gasteiger partial charge is 0.508 e. The van der Waals surface area contributed by atoms with E-state index in [1.54, 1.807) is 36.4 Å². The third-order valence-corrected chi connectivity index (χ3v) is 6.07. The molecule has 0 bridgehead atoms. The Morgan fingerprint density at radius 2 is 1.65 bits per heavy atom. The molecule has 1 aliphatic rings. The zero-order chi connectivity index (χ0) is 24.1. The summed E-state index contributed by atoms with van der Waals surface area (Å²) in [5, 5.41) is 18.8. The van der Waals surface area contributed by atoms with E-state index in [2.05, 4.69) is 0 Å². The van der Waals surface area contributed by atoms with Crippen LogP contribution >= 0.6 is 0 Å². The SMILES string of the molecule is NC(=O)c1cc(-c2cccc(CO)c2)ccc1OC1CCN(C(=O)Cc2ccc(O)cc2)CC1. The number of nitrogens with zero attached hydrogens (tertiary/aromatic N) is 1. The molecule has 1 fully saturated rings. The molecular weight excluding hydrogens is 432 g/mol. The Kier molecular flexibility index (Phi) is 7.13. The first-order valence-corrected chi connectivity index (χ1v) is 11.3. The molecule has 3 aromatic carbocycles. The number of nitrogens with two attached hydrogens (primary N) is 1. The van der Waals surface area contributed by atoms with Crippen molar-refractivity contribution in [2.45, 2.75) is 32.0 Å². The summed E-state index contributed by atoms with van der Waals surface area (Å²) in [5.41, 5.74) is 9.27. The predicted molar refractivity (Wildman–Crippen MR) is 128 cm³/mol. The van der Waals surface area contributed by atoms with Crippen LogP contribution in [-0.2, 0) is 17.8 Å². The third kappa shape index (κ3) is 5.55. The highest BCUT2D eigenvalue weighted by Crippen LogP contribution is 2.29. The van der Waals surface area contributed by atoms with Crippen LogP contribution in [0.1, 0.15) is 34.3 Å². The molecule has 0 aliphatic carbocycles. The van der Waals surface area contributed by atoms with Gasteiger partial charge < -0.3 is 25.6 Å². The van der Waals surface area contributed by atoms with Gasteiger partial charge in [0.25, 0.3) is 5.91 Å². The van der Waals surface area contributed by atoms with E-state index >= 15 is 0 Å². The number of phenolic OH excluding ortho intramolecular Hbond substituents is 1. The van der Waals surface area contributed by atoms with E-state index in [0.717, 1.165) is 22.3 Å². The lowest BCUT2D eigenvalue weighted by Crippen LogP contribution is -2.42. The van der Waals surface area contributed by atoms with Crippen LogP contribution in [0.5, 0.6) is 11.5 Å². The number of aromatic hydroxyl groups is 1. The lowest BCUT2D eigenvalue weighted by atomic mass is 10.00. The van der Waals surface area contributed by atoms with E-state index in [-0.39, 0.29) is 30.8 Å². The van der Waals surface area contributed by atoms with Crippen LogP contribution in [0.3, 0.4) is 0 Å². The maximum absolute atomic E-state index is 12.6. The second-order valence-electron chi connectivity index (χ2n) is 8.47. The molecule has 34 heavy (non-hydrogen) atoms. The van der Waals surface area contributed by atoms with Crippen molar-refractivity contribution >= 4 is 11.8 Å². The minimum absolute atomic E-state index is 0.0384. The number of benzene rings is 3. The fourth-order valence-electron chi connectivity index (χ4n) is 4.16. The van der Waals surface area contributed by atoms with Crippen molar-refractivity contribution in [2.24, 2.45) is 5.73 Å². The van der Waals surface area contributed by atoms with Gasteiger partial charge in [-0.1, -0.05) is 36.4 Å². The second-order valence-corrected chi connectivity index (χ2v) is 8.47. The lowest BCUT2D eigenvalue weighted by molar-refractivity contribution is -0.132. The summed E-state index contributed by atoms with van der Waals surface area (Å²) in [6.07, 6.45) is 1.47. The molecule has 2 amide bonds. The van der Waals surface area contributed by atoms with Crippen molar-refractivity contribution < 1.29 is 24.5 Å². The zero-order valence-electron chi connectivity index (χ0n) is 18.8. The van der Waals surface area contributed by atoms with Crippen molar-refractivity contribution in [3.63, 3.8) is 0 Å². The Morgan fingerprint density at radius 1 is 0.941 bits per heavy atom. The molecule has 4 rings (SSSR count). The van der Waals surface area contributed by atoms with Crippen molar-refractivity contribution in [2.75, 3.05) is 13.1 Å². The summed E-state index contributed by atoms with van der Waals surface area (Å²) in [6.45, 7) is 1.08. The molecule has 0 spiro atoms. The van der Waals surface area contributed by atoms with Crippen LogP contribution in [-0.4, -0.2) is 46.1 Å². The van der Waals surface area contributed by atoms with E-state index in [4.69, 9.17) is 10.5 Å². The number of aliphatic hydroxyl groups excluding tert-OH is 1. The van der Waals surface area contributed by atoms with Gasteiger partial charge in [0.2, 0.25) is 5.91 Å². The number of carbonyl (C=O) groups excluding carboxylic acids is 2. The Bertz CT molecular complexity index is 1170. The molecule has 0 atom stereocenters. The highest BCUT2D eigenvalue weighted by atomic mass is 16.5. The predicted octanol–water partition coefficient (Wildman–Crippen LogP) is 3.26. The minimum atomic E-state index is -0.573. The van der Waals surface area contributed by atoms with Gasteiger partial charge in [0.1, 0.15) is 17.6 Å². The standard InChI is InChI=1S/C27H28N2O5/c28-27(33)24-16-21(20-3-1-2-19(14-20)17-30)6-9-25(24)34-23-10-12-29(13-11-23)26(32)15-18-4-7-22(31)8-5-18/h1-9,14,16,23,30-31H,10-13,15,17H2,(H2,28,33). The molecule has 0 unspecified atom stereocenters. The first-order valence-electron chi connectivity index (χ1n) is 11.3. The van der Waals surface area contributed by atoms with E-state index < -0.39 is 5.91 Å². The number of aliphatic hydroxyl groups is 1. The molecule has 0 saturated carbocycles. The molecule has 0 radical (unpaired) electrons. The summed E-state index contributed by atoms with van der Waals surface area (Å²) < 4.78 is 6.14. The van der Waals surface area contributed by atoms with Gasteiger partial charge in [-0.05, 0) is 52.6 Å². The van der Waals surface area contributed by atoms with Crippen LogP contribution in [0.2, 0.25) is 0 Å². The average Bonchev–Trinajstić information content (AvgIpc) is 2.86. The van der Waals surface area contributed by atoms with Crippen molar-refractivity contribution in [1.29, 1.82) is 0 Å². The molecule has 1 heterocycles. The molecule has 7 heteroatoms. The average molecular weight is 461 g/mol. The van der Waals surface area contributed by atoms with Gasteiger partial charge in [-0.3, -0.25) is 9.59 Å². The van der Waals surface area contributed by atoms with Crippen LogP contribution in [0.15, 0.2) is 66.7 Å².